The van der Waals surface area contributed by atoms with Crippen LogP contribution in [-0.2, 0) is 22.7 Å². The molecule has 0 spiro atoms. The van der Waals surface area contributed by atoms with Crippen LogP contribution < -0.4 is 0 Å². The summed E-state index contributed by atoms with van der Waals surface area (Å²) in [7, 11) is 0. The molecule has 0 radical (unpaired) electrons. The van der Waals surface area contributed by atoms with E-state index in [4.69, 9.17) is 4.74 Å². The molecule has 2 aromatic rings. The molecule has 0 saturated heterocycles. The third kappa shape index (κ3) is 3.82. The third-order valence-corrected chi connectivity index (χ3v) is 2.95. The zero-order valence-electron chi connectivity index (χ0n) is 11.7. The molecule has 1 aromatic heterocycles. The summed E-state index contributed by atoms with van der Waals surface area (Å²) in [6, 6.07) is 9.60. The SMILES string of the molecule is CCn1cc(/C=C/C(=O)OCc2ccccc2)nc1C. The number of aryl methyl sites for hydroxylation is 2. The predicted octanol–water partition coefficient (Wildman–Crippen LogP) is 2.97. The van der Waals surface area contributed by atoms with Crippen molar-refractivity contribution in [2.24, 2.45) is 0 Å². The van der Waals surface area contributed by atoms with Crippen molar-refractivity contribution in [2.45, 2.75) is 27.0 Å². The molecule has 4 heteroatoms. The number of hydrogen-bond acceptors (Lipinski definition) is 3. The number of imidazole rings is 1. The first-order valence-corrected chi connectivity index (χ1v) is 6.61. The Hall–Kier alpha value is -2.36. The van der Waals surface area contributed by atoms with Crippen molar-refractivity contribution in [3.63, 3.8) is 0 Å². The molecule has 0 amide bonds. The van der Waals surface area contributed by atoms with Crippen LogP contribution in [0, 0.1) is 6.92 Å². The van der Waals surface area contributed by atoms with Crippen LogP contribution in [0.4, 0.5) is 0 Å². The molecule has 1 heterocycles. The van der Waals surface area contributed by atoms with Gasteiger partial charge in [-0.3, -0.25) is 0 Å². The van der Waals surface area contributed by atoms with Gasteiger partial charge in [0.2, 0.25) is 0 Å². The molecule has 4 nitrogen and oxygen atoms in total. The lowest BCUT2D eigenvalue weighted by Gasteiger charge is -2.01. The van der Waals surface area contributed by atoms with Crippen molar-refractivity contribution in [1.29, 1.82) is 0 Å². The second kappa shape index (κ2) is 6.70. The molecule has 2 rings (SSSR count). The van der Waals surface area contributed by atoms with Crippen molar-refractivity contribution >= 4 is 12.0 Å². The van der Waals surface area contributed by atoms with E-state index >= 15 is 0 Å². The number of hydrogen-bond donors (Lipinski definition) is 0. The van der Waals surface area contributed by atoms with Gasteiger partial charge in [0.25, 0.3) is 0 Å². The number of ether oxygens (including phenoxy) is 1. The van der Waals surface area contributed by atoms with Gasteiger partial charge < -0.3 is 9.30 Å². The number of aromatic nitrogens is 2. The van der Waals surface area contributed by atoms with Crippen molar-refractivity contribution in [3.05, 3.63) is 59.7 Å². The Morgan fingerprint density at radius 1 is 1.35 bits per heavy atom. The first-order chi connectivity index (χ1) is 9.69. The molecule has 0 unspecified atom stereocenters. The van der Waals surface area contributed by atoms with Crippen LogP contribution in [-0.4, -0.2) is 15.5 Å². The Morgan fingerprint density at radius 2 is 2.10 bits per heavy atom. The normalized spacial score (nSPS) is 10.9. The highest BCUT2D eigenvalue weighted by Crippen LogP contribution is 2.05. The molecule has 0 bridgehead atoms. The van der Waals surface area contributed by atoms with E-state index in [0.717, 1.165) is 23.6 Å². The lowest BCUT2D eigenvalue weighted by atomic mass is 10.2. The molecule has 0 N–H and O–H groups in total. The zero-order valence-corrected chi connectivity index (χ0v) is 11.7. The standard InChI is InChI=1S/C16H18N2O2/c1-3-18-11-15(17-13(18)2)9-10-16(19)20-12-14-7-5-4-6-8-14/h4-11H,3,12H2,1-2H3/b10-9+. The van der Waals surface area contributed by atoms with Crippen LogP contribution in [0.25, 0.3) is 6.08 Å². The van der Waals surface area contributed by atoms with E-state index in [-0.39, 0.29) is 12.6 Å². The Balaban J connectivity index is 1.89. The average Bonchev–Trinajstić information content (AvgIpc) is 2.84. The Bertz CT molecular complexity index is 600. The maximum atomic E-state index is 11.6. The molecule has 104 valence electrons. The molecule has 0 saturated carbocycles. The van der Waals surface area contributed by atoms with Crippen molar-refractivity contribution < 1.29 is 9.53 Å². The van der Waals surface area contributed by atoms with Gasteiger partial charge in [-0.15, -0.1) is 0 Å². The fourth-order valence-electron chi connectivity index (χ4n) is 1.86. The Kier molecular flexibility index (Phi) is 4.71. The minimum Gasteiger partial charge on any atom is -0.458 e. The summed E-state index contributed by atoms with van der Waals surface area (Å²) in [6.07, 6.45) is 4.99. The first kappa shape index (κ1) is 14.1. The average molecular weight is 270 g/mol. The fraction of sp³-hybridized carbons (Fsp3) is 0.250. The Labute approximate surface area is 118 Å². The second-order valence-electron chi connectivity index (χ2n) is 4.43. The van der Waals surface area contributed by atoms with Crippen molar-refractivity contribution in [3.8, 4) is 0 Å². The van der Waals surface area contributed by atoms with Gasteiger partial charge in [0.05, 0.1) is 5.69 Å². The summed E-state index contributed by atoms with van der Waals surface area (Å²) in [4.78, 5) is 15.9. The summed E-state index contributed by atoms with van der Waals surface area (Å²) >= 11 is 0. The first-order valence-electron chi connectivity index (χ1n) is 6.61. The molecule has 0 aliphatic carbocycles. The number of carbonyl (C=O) groups excluding carboxylic acids is 1. The van der Waals surface area contributed by atoms with E-state index in [1.807, 2.05) is 48.0 Å². The van der Waals surface area contributed by atoms with Crippen LogP contribution in [0.15, 0.2) is 42.6 Å². The molecule has 0 aliphatic heterocycles. The lowest BCUT2D eigenvalue weighted by molar-refractivity contribution is -0.138. The largest absolute Gasteiger partial charge is 0.458 e. The summed E-state index contributed by atoms with van der Waals surface area (Å²) in [5.74, 6) is 0.572. The van der Waals surface area contributed by atoms with Gasteiger partial charge in [0.1, 0.15) is 12.4 Å². The minimum absolute atomic E-state index is 0.284. The summed E-state index contributed by atoms with van der Waals surface area (Å²) in [5.41, 5.74) is 1.74. The van der Waals surface area contributed by atoms with Crippen molar-refractivity contribution in [1.82, 2.24) is 9.55 Å². The van der Waals surface area contributed by atoms with Crippen LogP contribution >= 0.6 is 0 Å². The summed E-state index contributed by atoms with van der Waals surface area (Å²) in [5, 5.41) is 0. The highest BCUT2D eigenvalue weighted by atomic mass is 16.5. The van der Waals surface area contributed by atoms with Gasteiger partial charge in [-0.1, -0.05) is 30.3 Å². The van der Waals surface area contributed by atoms with E-state index in [1.54, 1.807) is 6.08 Å². The van der Waals surface area contributed by atoms with Gasteiger partial charge >= 0.3 is 5.97 Å². The molecular formula is C16H18N2O2. The van der Waals surface area contributed by atoms with Crippen molar-refractivity contribution in [2.75, 3.05) is 0 Å². The second-order valence-corrected chi connectivity index (χ2v) is 4.43. The number of nitrogens with zero attached hydrogens (tertiary/aromatic N) is 2. The maximum Gasteiger partial charge on any atom is 0.331 e. The maximum absolute atomic E-state index is 11.6. The number of benzene rings is 1. The molecule has 0 atom stereocenters. The molecule has 0 fully saturated rings. The van der Waals surface area contributed by atoms with E-state index in [9.17, 15) is 4.79 Å². The van der Waals surface area contributed by atoms with Crippen LogP contribution in [0.2, 0.25) is 0 Å². The highest BCUT2D eigenvalue weighted by Gasteiger charge is 2.01. The smallest absolute Gasteiger partial charge is 0.331 e. The van der Waals surface area contributed by atoms with Crippen LogP contribution in [0.3, 0.4) is 0 Å². The van der Waals surface area contributed by atoms with E-state index < -0.39 is 0 Å². The zero-order chi connectivity index (χ0) is 14.4. The molecule has 20 heavy (non-hydrogen) atoms. The number of carbonyl (C=O) groups is 1. The summed E-state index contributed by atoms with van der Waals surface area (Å²) < 4.78 is 7.18. The fourth-order valence-corrected chi connectivity index (χ4v) is 1.86. The molecular weight excluding hydrogens is 252 g/mol. The predicted molar refractivity (Wildman–Crippen MR) is 77.9 cm³/mol. The number of esters is 1. The van der Waals surface area contributed by atoms with Gasteiger partial charge in [-0.2, -0.15) is 0 Å². The lowest BCUT2D eigenvalue weighted by Crippen LogP contribution is -2.00. The third-order valence-electron chi connectivity index (χ3n) is 2.95. The summed E-state index contributed by atoms with van der Waals surface area (Å²) in [6.45, 7) is 5.14. The molecule has 0 aliphatic rings. The quantitative estimate of drug-likeness (QED) is 0.619. The van der Waals surface area contributed by atoms with Crippen LogP contribution in [0.5, 0.6) is 0 Å². The van der Waals surface area contributed by atoms with Gasteiger partial charge in [-0.25, -0.2) is 9.78 Å². The minimum atomic E-state index is -0.363. The van der Waals surface area contributed by atoms with Gasteiger partial charge in [0.15, 0.2) is 0 Å². The van der Waals surface area contributed by atoms with E-state index in [2.05, 4.69) is 11.9 Å². The number of rotatable bonds is 5. The molecule has 1 aromatic carbocycles. The highest BCUT2D eigenvalue weighted by molar-refractivity contribution is 5.86. The Morgan fingerprint density at radius 3 is 2.75 bits per heavy atom. The van der Waals surface area contributed by atoms with E-state index in [0.29, 0.717) is 0 Å². The van der Waals surface area contributed by atoms with Gasteiger partial charge in [0, 0.05) is 18.8 Å². The van der Waals surface area contributed by atoms with Gasteiger partial charge in [-0.05, 0) is 25.5 Å². The topological polar surface area (TPSA) is 44.1 Å². The van der Waals surface area contributed by atoms with Crippen LogP contribution in [0.1, 0.15) is 24.0 Å². The monoisotopic (exact) mass is 270 g/mol. The van der Waals surface area contributed by atoms with E-state index in [1.165, 1.54) is 6.08 Å².